The summed E-state index contributed by atoms with van der Waals surface area (Å²) in [4.78, 5) is 18.8. The summed E-state index contributed by atoms with van der Waals surface area (Å²) in [5.41, 5.74) is -2.96. The number of carbonyl (C=O) groups is 1. The largest absolute Gasteiger partial charge is 0.408 e. The third kappa shape index (κ3) is 8.86. The first-order valence-corrected chi connectivity index (χ1v) is 24.7. The number of amides is 1. The van der Waals surface area contributed by atoms with E-state index in [1.807, 2.05) is 0 Å². The summed E-state index contributed by atoms with van der Waals surface area (Å²) in [6.45, 7) is 0.0490. The molecule has 4 atom stereocenters. The summed E-state index contributed by atoms with van der Waals surface area (Å²) in [5, 5.41) is 9.23. The number of hydrogen-bond donors (Lipinski definition) is 2. The molecule has 3 fully saturated rings. The molecule has 23 heteroatoms. The van der Waals surface area contributed by atoms with Crippen molar-refractivity contribution in [2.24, 2.45) is 5.92 Å². The molecule has 67 heavy (non-hydrogen) atoms. The second-order valence-electron chi connectivity index (χ2n) is 17.9. The number of alkyl halides is 7. The van der Waals surface area contributed by atoms with Crippen LogP contribution in [0.4, 0.5) is 45.3 Å². The van der Waals surface area contributed by atoms with Crippen molar-refractivity contribution < 1.29 is 56.9 Å². The second-order valence-corrected chi connectivity index (χ2v) is 23.4. The lowest BCUT2D eigenvalue weighted by Crippen LogP contribution is -2.35. The standard InChI is InChI=1S/C44H39ClF9N7O4S2/c1-42(2,67(64,65)26-7-8-26)13-12-24-4-9-27(28-10-11-31(45)35-38(28)61(20-43(50,51)52)58-41(35)59-66(3,63)25-5-6-25)36(55-24)32(16-21-14-22(46)17-23(47)15-21)56-33(62)19-60-39-34(37(57-60)40(48)49)29-18-30(29)44(39,53)54/h4,9-11,14-15,17,25-26,29-30,32,40H,3,5-8,16,18-20H2,1-2H3,(H,56,62)(H,58,59,63)/t29-,30+,32-,66?/m0/s1. The van der Waals surface area contributed by atoms with Crippen LogP contribution in [-0.4, -0.2) is 70.4 Å². The Morgan fingerprint density at radius 2 is 1.61 bits per heavy atom. The van der Waals surface area contributed by atoms with Gasteiger partial charge in [0, 0.05) is 43.6 Å². The predicted molar refractivity (Wildman–Crippen MR) is 232 cm³/mol. The van der Waals surface area contributed by atoms with Crippen LogP contribution < -0.4 is 10.0 Å². The van der Waals surface area contributed by atoms with Crippen molar-refractivity contribution in [1.82, 2.24) is 29.9 Å². The van der Waals surface area contributed by atoms with Gasteiger partial charge in [-0.3, -0.25) is 18.9 Å². The minimum Gasteiger partial charge on any atom is -0.346 e. The van der Waals surface area contributed by atoms with Crippen LogP contribution in [-0.2, 0) is 49.8 Å². The average molecular weight is 1000 g/mol. The number of fused-ring (bicyclic) bond motifs is 4. The van der Waals surface area contributed by atoms with E-state index in [4.69, 9.17) is 11.6 Å². The highest BCUT2D eigenvalue weighted by Gasteiger charge is 2.67. The molecule has 2 N–H and O–H groups in total. The Kier molecular flexibility index (Phi) is 11.3. The van der Waals surface area contributed by atoms with Crippen LogP contribution in [0.25, 0.3) is 22.0 Å². The topological polar surface area (TPSA) is 141 Å². The molecule has 356 valence electrons. The number of nitrogens with one attached hydrogen (secondary N) is 2. The van der Waals surface area contributed by atoms with E-state index in [1.54, 1.807) is 0 Å². The molecule has 1 amide bonds. The van der Waals surface area contributed by atoms with Crippen molar-refractivity contribution in [2.75, 3.05) is 4.72 Å². The number of aromatic nitrogens is 5. The minimum atomic E-state index is -4.89. The number of benzene rings is 2. The molecule has 9 rings (SSSR count). The van der Waals surface area contributed by atoms with Crippen LogP contribution >= 0.6 is 11.6 Å². The number of sulfone groups is 1. The molecule has 0 bridgehead atoms. The molecule has 3 aromatic heterocycles. The van der Waals surface area contributed by atoms with Gasteiger partial charge in [-0.2, -0.15) is 32.1 Å². The van der Waals surface area contributed by atoms with Gasteiger partial charge in [0.15, 0.2) is 15.7 Å². The fraction of sp³-hybridized carbons (Fsp3) is 0.432. The monoisotopic (exact) mass is 999 g/mol. The molecule has 4 aliphatic carbocycles. The van der Waals surface area contributed by atoms with Gasteiger partial charge in [0.2, 0.25) is 5.91 Å². The molecular formula is C44H39ClF9N7O4S2. The highest BCUT2D eigenvalue weighted by atomic mass is 35.5. The molecule has 0 saturated heterocycles. The van der Waals surface area contributed by atoms with Crippen LogP contribution in [0.1, 0.15) is 98.2 Å². The summed E-state index contributed by atoms with van der Waals surface area (Å²) >= 11 is 6.67. The van der Waals surface area contributed by atoms with Gasteiger partial charge in [0.25, 0.3) is 12.3 Å². The van der Waals surface area contributed by atoms with Gasteiger partial charge in [0.1, 0.15) is 46.6 Å². The predicted octanol–water partition coefficient (Wildman–Crippen LogP) is 8.95. The normalized spacial score (nSPS) is 20.2. The van der Waals surface area contributed by atoms with E-state index in [9.17, 15) is 48.2 Å². The lowest BCUT2D eigenvalue weighted by Gasteiger charge is -2.23. The SMILES string of the molecule is C=S(=O)(Nc1nn(CC(F)(F)F)c2c(-c3ccc(C#CC(C)(C)S(=O)(=O)C4CC4)nc3[C@H](Cc3cc(F)cc(F)c3)NC(=O)Cn3nc(C(F)F)c4c3C(F)(F)[C@@H]3C[C@H]43)ccc(Cl)c12)C1CC1. The van der Waals surface area contributed by atoms with Crippen LogP contribution in [0.2, 0.25) is 5.02 Å². The first-order chi connectivity index (χ1) is 31.3. The zero-order valence-corrected chi connectivity index (χ0v) is 37.7. The molecule has 4 aliphatic rings. The maximum atomic E-state index is 15.6. The summed E-state index contributed by atoms with van der Waals surface area (Å²) in [6.07, 6.45) is -6.77. The van der Waals surface area contributed by atoms with E-state index in [0.29, 0.717) is 41.1 Å². The third-order valence-corrected chi connectivity index (χ3v) is 17.6. The van der Waals surface area contributed by atoms with Gasteiger partial charge in [-0.05, 0) is 106 Å². The van der Waals surface area contributed by atoms with Gasteiger partial charge in [0.05, 0.1) is 32.9 Å². The first-order valence-electron chi connectivity index (χ1n) is 20.9. The van der Waals surface area contributed by atoms with Crippen molar-refractivity contribution >= 4 is 59.6 Å². The Bertz CT molecular complexity index is 3150. The Hall–Kier alpha value is -5.27. The number of pyridine rings is 1. The second kappa shape index (κ2) is 16.2. The highest BCUT2D eigenvalue weighted by Crippen LogP contribution is 2.68. The zero-order valence-electron chi connectivity index (χ0n) is 35.3. The Morgan fingerprint density at radius 3 is 2.24 bits per heavy atom. The van der Waals surface area contributed by atoms with E-state index in [0.717, 1.165) is 12.1 Å². The first kappa shape index (κ1) is 46.8. The molecule has 0 spiro atoms. The van der Waals surface area contributed by atoms with Crippen molar-refractivity contribution in [3.63, 3.8) is 0 Å². The number of rotatable bonds is 14. The van der Waals surface area contributed by atoms with Crippen LogP contribution in [0.15, 0.2) is 42.5 Å². The van der Waals surface area contributed by atoms with Crippen LogP contribution in [0.3, 0.4) is 0 Å². The fourth-order valence-corrected chi connectivity index (χ4v) is 12.4. The van der Waals surface area contributed by atoms with E-state index < -0.39 is 120 Å². The number of nitrogens with zero attached hydrogens (tertiary/aromatic N) is 5. The number of halogens is 10. The van der Waals surface area contributed by atoms with Gasteiger partial charge < -0.3 is 5.32 Å². The smallest absolute Gasteiger partial charge is 0.346 e. The average Bonchev–Trinajstić information content (AvgIpc) is 4.10. The van der Waals surface area contributed by atoms with Crippen molar-refractivity contribution in [1.29, 1.82) is 0 Å². The maximum Gasteiger partial charge on any atom is 0.408 e. The van der Waals surface area contributed by atoms with Crippen molar-refractivity contribution in [2.45, 2.75) is 111 Å². The maximum absolute atomic E-state index is 15.6. The highest BCUT2D eigenvalue weighted by molar-refractivity contribution is 8.02. The lowest BCUT2D eigenvalue weighted by molar-refractivity contribution is -0.141. The van der Waals surface area contributed by atoms with Crippen molar-refractivity contribution in [3.05, 3.63) is 93.0 Å². The Labute approximate surface area is 382 Å². The molecule has 0 radical (unpaired) electrons. The van der Waals surface area contributed by atoms with E-state index in [1.165, 1.54) is 38.1 Å². The number of hydrogen-bond acceptors (Lipinski definition) is 7. The summed E-state index contributed by atoms with van der Waals surface area (Å²) < 4.78 is 174. The summed E-state index contributed by atoms with van der Waals surface area (Å²) in [7, 11) is -6.92. The van der Waals surface area contributed by atoms with Gasteiger partial charge in [-0.15, -0.1) is 0 Å². The Morgan fingerprint density at radius 1 is 0.955 bits per heavy atom. The minimum absolute atomic E-state index is 0.0482. The molecule has 2 aromatic carbocycles. The van der Waals surface area contributed by atoms with Crippen LogP contribution in [0.5, 0.6) is 0 Å². The molecule has 3 saturated carbocycles. The zero-order chi connectivity index (χ0) is 48.3. The third-order valence-electron chi connectivity index (χ3n) is 12.4. The molecule has 1 unspecified atom stereocenters. The molecule has 3 heterocycles. The van der Waals surface area contributed by atoms with E-state index >= 15 is 8.78 Å². The molecule has 0 aliphatic heterocycles. The fourth-order valence-electron chi connectivity index (χ4n) is 8.80. The van der Waals surface area contributed by atoms with Crippen LogP contribution in [0, 0.1) is 29.4 Å². The molecular weight excluding hydrogens is 961 g/mol. The molecule has 5 aromatic rings. The van der Waals surface area contributed by atoms with E-state index in [-0.39, 0.29) is 61.8 Å². The number of carbonyl (C=O) groups excluding carboxylic acids is 1. The summed E-state index contributed by atoms with van der Waals surface area (Å²) in [5.74, 6) is -0.00567. The Balaban J connectivity index is 1.22. The quantitative estimate of drug-likeness (QED) is 0.0643. The van der Waals surface area contributed by atoms with Crippen molar-refractivity contribution in [3.8, 4) is 23.0 Å². The lowest BCUT2D eigenvalue weighted by atomic mass is 9.93. The number of anilines is 1. The van der Waals surface area contributed by atoms with Gasteiger partial charge in [-0.25, -0.2) is 35.2 Å². The molecule has 11 nitrogen and oxygen atoms in total. The summed E-state index contributed by atoms with van der Waals surface area (Å²) in [6, 6.07) is 6.14. The van der Waals surface area contributed by atoms with Gasteiger partial charge >= 0.3 is 6.18 Å². The van der Waals surface area contributed by atoms with E-state index in [2.05, 4.69) is 42.9 Å². The van der Waals surface area contributed by atoms with Gasteiger partial charge in [-0.1, -0.05) is 23.6 Å².